The molecule has 1 aromatic rings. The molecule has 1 aliphatic rings. The molecule has 0 aromatic carbocycles. The van der Waals surface area contributed by atoms with Gasteiger partial charge in [0.15, 0.2) is 0 Å². The van der Waals surface area contributed by atoms with Gasteiger partial charge in [0, 0.05) is 28.7 Å². The van der Waals surface area contributed by atoms with Crippen molar-refractivity contribution in [3.8, 4) is 0 Å². The predicted molar refractivity (Wildman–Crippen MR) is 76.3 cm³/mol. The normalized spacial score (nSPS) is 19.2. The van der Waals surface area contributed by atoms with Crippen molar-refractivity contribution in [2.24, 2.45) is 0 Å². The van der Waals surface area contributed by atoms with Crippen molar-refractivity contribution >= 4 is 39.6 Å². The number of carbonyl (C=O) groups excluding carboxylic acids is 1. The Morgan fingerprint density at radius 2 is 2.32 bits per heavy atom. The first-order chi connectivity index (χ1) is 9.08. The van der Waals surface area contributed by atoms with Gasteiger partial charge in [0.2, 0.25) is 0 Å². The lowest BCUT2D eigenvalue weighted by Crippen LogP contribution is -2.47. The third-order valence-electron chi connectivity index (χ3n) is 2.85. The maximum Gasteiger partial charge on any atom is 0.305 e. The number of rotatable bonds is 3. The van der Waals surface area contributed by atoms with Crippen molar-refractivity contribution in [3.63, 3.8) is 0 Å². The summed E-state index contributed by atoms with van der Waals surface area (Å²) in [6, 6.07) is 3.14. The topological polar surface area (TPSA) is 70.5 Å². The summed E-state index contributed by atoms with van der Waals surface area (Å²) in [5.41, 5.74) is 0.352. The molecule has 1 fully saturated rings. The number of thioether (sulfide) groups is 1. The Morgan fingerprint density at radius 1 is 1.53 bits per heavy atom. The number of pyridine rings is 1. The van der Waals surface area contributed by atoms with E-state index in [1.807, 2.05) is 0 Å². The van der Waals surface area contributed by atoms with Crippen molar-refractivity contribution in [2.75, 3.05) is 18.1 Å². The van der Waals surface area contributed by atoms with Crippen molar-refractivity contribution in [1.29, 1.82) is 0 Å². The molecule has 0 spiro atoms. The van der Waals surface area contributed by atoms with Gasteiger partial charge in [0.05, 0.1) is 12.5 Å². The molecule has 0 bridgehead atoms. The van der Waals surface area contributed by atoms with Gasteiger partial charge in [0.1, 0.15) is 5.69 Å². The number of nitrogens with zero attached hydrogens (tertiary/aromatic N) is 2. The molecule has 0 aliphatic carbocycles. The number of halogens is 1. The van der Waals surface area contributed by atoms with E-state index < -0.39 is 5.97 Å². The zero-order chi connectivity index (χ0) is 13.8. The highest BCUT2D eigenvalue weighted by Crippen LogP contribution is 2.21. The minimum Gasteiger partial charge on any atom is -0.481 e. The molecule has 1 atom stereocenters. The first kappa shape index (κ1) is 14.3. The standard InChI is InChI=1S/C12H13BrN2O3S/c13-8-1-2-10(14-6-8)12(18)15-3-4-19-7-9(15)5-11(16)17/h1-2,6,9H,3-5,7H2,(H,16,17). The number of aromatic nitrogens is 1. The molecule has 1 aromatic heterocycles. The van der Waals surface area contributed by atoms with Crippen LogP contribution in [0.25, 0.3) is 0 Å². The van der Waals surface area contributed by atoms with Gasteiger partial charge in [-0.3, -0.25) is 9.59 Å². The van der Waals surface area contributed by atoms with Crippen LogP contribution in [0.2, 0.25) is 0 Å². The first-order valence-electron chi connectivity index (χ1n) is 5.80. The zero-order valence-corrected chi connectivity index (χ0v) is 12.5. The minimum atomic E-state index is -0.880. The van der Waals surface area contributed by atoms with Crippen LogP contribution in [-0.2, 0) is 4.79 Å². The lowest BCUT2D eigenvalue weighted by atomic mass is 10.1. The first-order valence-corrected chi connectivity index (χ1v) is 7.75. The largest absolute Gasteiger partial charge is 0.481 e. The second-order valence-electron chi connectivity index (χ2n) is 4.19. The molecule has 19 heavy (non-hydrogen) atoms. The number of carboxylic acid groups (broad SMARTS) is 1. The van der Waals surface area contributed by atoms with Crippen molar-refractivity contribution in [3.05, 3.63) is 28.5 Å². The SMILES string of the molecule is O=C(O)CC1CSCCN1C(=O)c1ccc(Br)cn1. The van der Waals surface area contributed by atoms with Gasteiger partial charge < -0.3 is 10.0 Å². The highest BCUT2D eigenvalue weighted by atomic mass is 79.9. The summed E-state index contributed by atoms with van der Waals surface area (Å²) in [7, 11) is 0. The average Bonchev–Trinajstić information content (AvgIpc) is 2.39. The Hall–Kier alpha value is -1.08. The van der Waals surface area contributed by atoms with Gasteiger partial charge in [-0.2, -0.15) is 11.8 Å². The third kappa shape index (κ3) is 3.70. The van der Waals surface area contributed by atoms with E-state index in [0.29, 0.717) is 18.0 Å². The molecular formula is C12H13BrN2O3S. The molecule has 1 unspecified atom stereocenters. The molecule has 0 radical (unpaired) electrons. The van der Waals surface area contributed by atoms with Crippen LogP contribution in [-0.4, -0.2) is 51.0 Å². The van der Waals surface area contributed by atoms with Crippen LogP contribution in [0.5, 0.6) is 0 Å². The van der Waals surface area contributed by atoms with E-state index in [2.05, 4.69) is 20.9 Å². The summed E-state index contributed by atoms with van der Waals surface area (Å²) < 4.78 is 0.806. The van der Waals surface area contributed by atoms with Crippen LogP contribution in [0.4, 0.5) is 0 Å². The molecule has 1 aliphatic heterocycles. The van der Waals surface area contributed by atoms with Crippen LogP contribution in [0.15, 0.2) is 22.8 Å². The second-order valence-corrected chi connectivity index (χ2v) is 6.25. The zero-order valence-electron chi connectivity index (χ0n) is 10.1. The van der Waals surface area contributed by atoms with Crippen molar-refractivity contribution in [2.45, 2.75) is 12.5 Å². The summed E-state index contributed by atoms with van der Waals surface area (Å²) >= 11 is 4.95. The third-order valence-corrected chi connectivity index (χ3v) is 4.41. The monoisotopic (exact) mass is 344 g/mol. The Morgan fingerprint density at radius 3 is 2.95 bits per heavy atom. The number of carboxylic acids is 1. The summed E-state index contributed by atoms with van der Waals surface area (Å²) in [6.45, 7) is 0.569. The van der Waals surface area contributed by atoms with E-state index in [1.54, 1.807) is 35.0 Å². The smallest absolute Gasteiger partial charge is 0.305 e. The predicted octanol–water partition coefficient (Wildman–Crippen LogP) is 1.88. The molecule has 0 saturated carbocycles. The number of amides is 1. The molecule has 102 valence electrons. The number of carbonyl (C=O) groups is 2. The second kappa shape index (κ2) is 6.38. The Bertz CT molecular complexity index is 480. The summed E-state index contributed by atoms with van der Waals surface area (Å²) in [5.74, 6) is 0.417. The molecule has 2 heterocycles. The van der Waals surface area contributed by atoms with Gasteiger partial charge in [-0.25, -0.2) is 4.98 Å². The van der Waals surface area contributed by atoms with E-state index in [4.69, 9.17) is 5.11 Å². The van der Waals surface area contributed by atoms with Gasteiger partial charge in [-0.05, 0) is 28.1 Å². The Kier molecular flexibility index (Phi) is 4.81. The molecule has 2 rings (SSSR count). The number of aliphatic carboxylic acids is 1. The fourth-order valence-corrected chi connectivity index (χ4v) is 3.24. The van der Waals surface area contributed by atoms with Crippen LogP contribution in [0.3, 0.4) is 0 Å². The summed E-state index contributed by atoms with van der Waals surface area (Å²) in [6.07, 6.45) is 1.55. The number of hydrogen-bond donors (Lipinski definition) is 1. The summed E-state index contributed by atoms with van der Waals surface area (Å²) in [4.78, 5) is 28.9. The highest BCUT2D eigenvalue weighted by molar-refractivity contribution is 9.10. The molecule has 5 nitrogen and oxygen atoms in total. The van der Waals surface area contributed by atoms with Crippen LogP contribution < -0.4 is 0 Å². The van der Waals surface area contributed by atoms with E-state index in [-0.39, 0.29) is 18.4 Å². The van der Waals surface area contributed by atoms with E-state index in [9.17, 15) is 9.59 Å². The van der Waals surface area contributed by atoms with Gasteiger partial charge in [0.25, 0.3) is 5.91 Å². The highest BCUT2D eigenvalue weighted by Gasteiger charge is 2.29. The van der Waals surface area contributed by atoms with Crippen LogP contribution in [0.1, 0.15) is 16.9 Å². The maximum absolute atomic E-state index is 12.3. The fourth-order valence-electron chi connectivity index (χ4n) is 1.94. The van der Waals surface area contributed by atoms with Crippen molar-refractivity contribution in [1.82, 2.24) is 9.88 Å². The molecular weight excluding hydrogens is 332 g/mol. The van der Waals surface area contributed by atoms with E-state index in [1.165, 1.54) is 0 Å². The van der Waals surface area contributed by atoms with E-state index in [0.717, 1.165) is 10.2 Å². The van der Waals surface area contributed by atoms with E-state index >= 15 is 0 Å². The molecule has 1 N–H and O–H groups in total. The van der Waals surface area contributed by atoms with Gasteiger partial charge in [-0.15, -0.1) is 0 Å². The fraction of sp³-hybridized carbons (Fsp3) is 0.417. The lowest BCUT2D eigenvalue weighted by molar-refractivity contribution is -0.138. The number of hydrogen-bond acceptors (Lipinski definition) is 4. The van der Waals surface area contributed by atoms with Gasteiger partial charge in [-0.1, -0.05) is 0 Å². The Labute approximate surface area is 123 Å². The van der Waals surface area contributed by atoms with Gasteiger partial charge >= 0.3 is 5.97 Å². The molecule has 1 amide bonds. The van der Waals surface area contributed by atoms with Crippen molar-refractivity contribution < 1.29 is 14.7 Å². The van der Waals surface area contributed by atoms with Crippen LogP contribution >= 0.6 is 27.7 Å². The minimum absolute atomic E-state index is 0.0186. The molecule has 1 saturated heterocycles. The quantitative estimate of drug-likeness (QED) is 0.906. The maximum atomic E-state index is 12.3. The lowest BCUT2D eigenvalue weighted by Gasteiger charge is -2.34. The summed E-state index contributed by atoms with van der Waals surface area (Å²) in [5, 5.41) is 8.90. The average molecular weight is 345 g/mol. The van der Waals surface area contributed by atoms with Crippen LogP contribution in [0, 0.1) is 0 Å². The molecule has 7 heteroatoms. The Balaban J connectivity index is 2.15.